The molecule has 0 saturated carbocycles. The number of benzene rings is 1. The van der Waals surface area contributed by atoms with Crippen molar-refractivity contribution in [1.29, 1.82) is 0 Å². The van der Waals surface area contributed by atoms with E-state index < -0.39 is 5.91 Å². The second-order valence-electron chi connectivity index (χ2n) is 5.37. The van der Waals surface area contributed by atoms with E-state index in [2.05, 4.69) is 10.3 Å². The second-order valence-corrected chi connectivity index (χ2v) is 7.44. The number of thioether (sulfide) groups is 1. The zero-order valence-electron chi connectivity index (χ0n) is 13.0. The average molecular weight is 349 g/mol. The maximum atomic E-state index is 12.5. The third-order valence-electron chi connectivity index (χ3n) is 3.01. The summed E-state index contributed by atoms with van der Waals surface area (Å²) in [7, 11) is 0. The molecule has 0 aliphatic carbocycles. The maximum Gasteiger partial charge on any atom is 0.239 e. The number of rotatable bonds is 7. The minimum absolute atomic E-state index is 0.0821. The highest BCUT2D eigenvalue weighted by Gasteiger charge is 2.24. The van der Waals surface area contributed by atoms with Crippen LogP contribution in [-0.4, -0.2) is 22.0 Å². The van der Waals surface area contributed by atoms with Crippen LogP contribution < -0.4 is 11.1 Å². The summed E-state index contributed by atoms with van der Waals surface area (Å²) in [6.45, 7) is 4.03. The predicted molar refractivity (Wildman–Crippen MR) is 94.6 cm³/mol. The fourth-order valence-corrected chi connectivity index (χ4v) is 3.70. The highest BCUT2D eigenvalue weighted by molar-refractivity contribution is 8.00. The molecule has 0 fully saturated rings. The molecule has 7 heteroatoms. The Morgan fingerprint density at radius 2 is 2.00 bits per heavy atom. The van der Waals surface area contributed by atoms with Crippen molar-refractivity contribution >= 4 is 40.0 Å². The van der Waals surface area contributed by atoms with Gasteiger partial charge in [-0.3, -0.25) is 9.59 Å². The van der Waals surface area contributed by atoms with Crippen molar-refractivity contribution in [3.05, 3.63) is 41.4 Å². The van der Waals surface area contributed by atoms with Gasteiger partial charge in [-0.15, -0.1) is 23.1 Å². The van der Waals surface area contributed by atoms with Gasteiger partial charge in [0.2, 0.25) is 11.8 Å². The molecule has 1 heterocycles. The molecule has 1 aromatic heterocycles. The molecule has 0 unspecified atom stereocenters. The Kier molecular flexibility index (Phi) is 6.18. The van der Waals surface area contributed by atoms with E-state index in [0.29, 0.717) is 10.8 Å². The number of nitrogens with two attached hydrogens (primary N) is 1. The van der Waals surface area contributed by atoms with Gasteiger partial charge >= 0.3 is 0 Å². The van der Waals surface area contributed by atoms with Crippen LogP contribution in [0.3, 0.4) is 0 Å². The number of hydrogen-bond donors (Lipinski definition) is 2. The van der Waals surface area contributed by atoms with Gasteiger partial charge in [-0.2, -0.15) is 0 Å². The molecule has 1 aromatic carbocycles. The van der Waals surface area contributed by atoms with Gasteiger partial charge < -0.3 is 11.1 Å². The Morgan fingerprint density at radius 3 is 2.61 bits per heavy atom. The number of carbonyl (C=O) groups excluding carboxylic acids is 2. The molecule has 2 aromatic rings. The topological polar surface area (TPSA) is 85.1 Å². The lowest BCUT2D eigenvalue weighted by Crippen LogP contribution is -2.29. The summed E-state index contributed by atoms with van der Waals surface area (Å²) in [5.41, 5.74) is 5.72. The lowest BCUT2D eigenvalue weighted by Gasteiger charge is -2.19. The monoisotopic (exact) mass is 349 g/mol. The molecule has 0 spiro atoms. The summed E-state index contributed by atoms with van der Waals surface area (Å²) in [6.07, 6.45) is 0.0821. The number of carbonyl (C=O) groups is 2. The molecular formula is C16H19N3O2S2. The number of amides is 2. The van der Waals surface area contributed by atoms with E-state index in [-0.39, 0.29) is 23.5 Å². The van der Waals surface area contributed by atoms with E-state index in [0.717, 1.165) is 4.90 Å². The molecule has 2 amide bonds. The highest BCUT2D eigenvalue weighted by atomic mass is 32.2. The molecule has 23 heavy (non-hydrogen) atoms. The van der Waals surface area contributed by atoms with Crippen molar-refractivity contribution < 1.29 is 9.59 Å². The second kappa shape index (κ2) is 8.12. The number of anilines is 1. The molecule has 3 N–H and O–H groups in total. The zero-order valence-corrected chi connectivity index (χ0v) is 14.6. The largest absolute Gasteiger partial charge is 0.369 e. The van der Waals surface area contributed by atoms with Crippen molar-refractivity contribution in [2.24, 2.45) is 11.7 Å². The fourth-order valence-electron chi connectivity index (χ4n) is 1.94. The summed E-state index contributed by atoms with van der Waals surface area (Å²) in [6, 6.07) is 9.83. The van der Waals surface area contributed by atoms with Crippen LogP contribution in [0.2, 0.25) is 0 Å². The number of aromatic nitrogens is 1. The Morgan fingerprint density at radius 1 is 1.30 bits per heavy atom. The van der Waals surface area contributed by atoms with Crippen LogP contribution in [-0.2, 0) is 16.0 Å². The predicted octanol–water partition coefficient (Wildman–Crippen LogP) is 2.93. The van der Waals surface area contributed by atoms with Crippen molar-refractivity contribution in [2.45, 2.75) is 30.4 Å². The first-order valence-corrected chi connectivity index (χ1v) is 8.97. The van der Waals surface area contributed by atoms with E-state index >= 15 is 0 Å². The molecule has 0 aliphatic rings. The number of nitrogens with zero attached hydrogens (tertiary/aromatic N) is 1. The third kappa shape index (κ3) is 5.37. The molecule has 0 saturated heterocycles. The lowest BCUT2D eigenvalue weighted by atomic mass is 10.1. The number of thiazole rings is 1. The Hall–Kier alpha value is -1.86. The van der Waals surface area contributed by atoms with Gasteiger partial charge in [0, 0.05) is 10.3 Å². The lowest BCUT2D eigenvalue weighted by molar-refractivity contribution is -0.117. The number of hydrogen-bond acceptors (Lipinski definition) is 5. The van der Waals surface area contributed by atoms with E-state index in [4.69, 9.17) is 5.73 Å². The normalized spacial score (nSPS) is 12.1. The van der Waals surface area contributed by atoms with Gasteiger partial charge in [-0.05, 0) is 18.1 Å². The van der Waals surface area contributed by atoms with Gasteiger partial charge in [-0.25, -0.2) is 4.98 Å². The van der Waals surface area contributed by atoms with Gasteiger partial charge in [-0.1, -0.05) is 32.0 Å². The summed E-state index contributed by atoms with van der Waals surface area (Å²) < 4.78 is 0. The minimum atomic E-state index is -0.437. The maximum absolute atomic E-state index is 12.5. The van der Waals surface area contributed by atoms with Gasteiger partial charge in [0.15, 0.2) is 5.13 Å². The molecule has 2 rings (SSSR count). The molecule has 1 atom stereocenters. The molecule has 0 aliphatic heterocycles. The van der Waals surface area contributed by atoms with Crippen LogP contribution in [0.4, 0.5) is 5.13 Å². The van der Waals surface area contributed by atoms with E-state index in [1.54, 1.807) is 5.38 Å². The third-order valence-corrected chi connectivity index (χ3v) is 5.37. The molecule has 0 radical (unpaired) electrons. The van der Waals surface area contributed by atoms with Crippen molar-refractivity contribution in [2.75, 3.05) is 5.32 Å². The quantitative estimate of drug-likeness (QED) is 0.753. The molecular weight excluding hydrogens is 330 g/mol. The van der Waals surface area contributed by atoms with Crippen molar-refractivity contribution in [1.82, 2.24) is 4.98 Å². The van der Waals surface area contributed by atoms with Crippen LogP contribution in [0.25, 0.3) is 0 Å². The Balaban J connectivity index is 2.03. The van der Waals surface area contributed by atoms with Crippen LogP contribution in [0.5, 0.6) is 0 Å². The van der Waals surface area contributed by atoms with E-state index in [1.165, 1.54) is 23.1 Å². The van der Waals surface area contributed by atoms with Crippen LogP contribution >= 0.6 is 23.1 Å². The van der Waals surface area contributed by atoms with Crippen LogP contribution in [0, 0.1) is 5.92 Å². The van der Waals surface area contributed by atoms with Gasteiger partial charge in [0.05, 0.1) is 17.4 Å². The Labute approximate surface area is 143 Å². The van der Waals surface area contributed by atoms with Gasteiger partial charge in [0.1, 0.15) is 0 Å². The summed E-state index contributed by atoms with van der Waals surface area (Å²) in [5, 5.41) is 4.83. The first-order chi connectivity index (χ1) is 11.0. The van der Waals surface area contributed by atoms with Crippen LogP contribution in [0.1, 0.15) is 19.5 Å². The standard InChI is InChI=1S/C16H19N3O2S2/c1-10(2)14(23-12-6-4-3-5-7-12)15(21)19-16-18-11(9-22-16)8-13(17)20/h3-7,9-10,14H,8H2,1-2H3,(H2,17,20)(H,18,19,21)/t14-/m1/s1. The highest BCUT2D eigenvalue weighted by Crippen LogP contribution is 2.29. The number of primary amides is 1. The minimum Gasteiger partial charge on any atom is -0.369 e. The first-order valence-electron chi connectivity index (χ1n) is 7.21. The van der Waals surface area contributed by atoms with Crippen LogP contribution in [0.15, 0.2) is 40.6 Å². The average Bonchev–Trinajstić information content (AvgIpc) is 2.91. The molecule has 0 bridgehead atoms. The van der Waals surface area contributed by atoms with E-state index in [1.807, 2.05) is 44.2 Å². The van der Waals surface area contributed by atoms with Crippen molar-refractivity contribution in [3.8, 4) is 0 Å². The first kappa shape index (κ1) is 17.5. The smallest absolute Gasteiger partial charge is 0.239 e. The van der Waals surface area contributed by atoms with E-state index in [9.17, 15) is 9.59 Å². The molecule has 5 nitrogen and oxygen atoms in total. The van der Waals surface area contributed by atoms with Gasteiger partial charge in [0.25, 0.3) is 0 Å². The summed E-state index contributed by atoms with van der Waals surface area (Å²) in [4.78, 5) is 28.7. The SMILES string of the molecule is CC(C)[C@@H](Sc1ccccc1)C(=O)Nc1nc(CC(N)=O)cs1. The fraction of sp³-hybridized carbons (Fsp3) is 0.312. The van der Waals surface area contributed by atoms with Crippen molar-refractivity contribution in [3.63, 3.8) is 0 Å². The molecule has 122 valence electrons. The summed E-state index contributed by atoms with van der Waals surface area (Å²) in [5.74, 6) is -0.355. The Bertz CT molecular complexity index is 671. The summed E-state index contributed by atoms with van der Waals surface area (Å²) >= 11 is 2.83. The zero-order chi connectivity index (χ0) is 16.8. The number of nitrogens with one attached hydrogen (secondary N) is 1.